The van der Waals surface area contributed by atoms with Crippen molar-refractivity contribution in [3.63, 3.8) is 0 Å². The predicted molar refractivity (Wildman–Crippen MR) is 108 cm³/mol. The second-order valence-electron chi connectivity index (χ2n) is 7.32. The van der Waals surface area contributed by atoms with Crippen LogP contribution in [0.5, 0.6) is 5.75 Å². The monoisotopic (exact) mass is 419 g/mol. The zero-order chi connectivity index (χ0) is 21.2. The maximum Gasteiger partial charge on any atom is 0.310 e. The summed E-state index contributed by atoms with van der Waals surface area (Å²) in [4.78, 5) is 24.7. The van der Waals surface area contributed by atoms with Crippen molar-refractivity contribution in [1.82, 2.24) is 4.57 Å². The number of hydrogen-bond acceptors (Lipinski definition) is 6. The van der Waals surface area contributed by atoms with Crippen LogP contribution in [0, 0.1) is 13.8 Å². The largest absolute Gasteiger partial charge is 0.497 e. The van der Waals surface area contributed by atoms with Gasteiger partial charge in [0, 0.05) is 23.0 Å². The fraction of sp³-hybridized carbons (Fsp3) is 0.429. The molecule has 0 amide bonds. The maximum absolute atomic E-state index is 12.6. The summed E-state index contributed by atoms with van der Waals surface area (Å²) < 4.78 is 35.7. The molecule has 0 bridgehead atoms. The Balaban J connectivity index is 1.62. The number of aromatic nitrogens is 1. The number of methoxy groups -OCH3 is 1. The Morgan fingerprint density at radius 3 is 2.45 bits per heavy atom. The van der Waals surface area contributed by atoms with Gasteiger partial charge in [0.1, 0.15) is 5.75 Å². The third-order valence-corrected chi connectivity index (χ3v) is 6.98. The highest BCUT2D eigenvalue weighted by Gasteiger charge is 2.31. The molecule has 156 valence electrons. The van der Waals surface area contributed by atoms with Crippen LogP contribution in [0.1, 0.15) is 39.8 Å². The van der Waals surface area contributed by atoms with Crippen LogP contribution >= 0.6 is 0 Å². The zero-order valence-electron chi connectivity index (χ0n) is 16.8. The maximum atomic E-state index is 12.6. The topological polar surface area (TPSA) is 91.7 Å². The molecule has 2 heterocycles. The van der Waals surface area contributed by atoms with Gasteiger partial charge in [-0.3, -0.25) is 9.59 Å². The third-order valence-electron chi connectivity index (χ3n) is 5.23. The number of benzene rings is 1. The van der Waals surface area contributed by atoms with Gasteiger partial charge in [0.05, 0.1) is 25.0 Å². The number of aryl methyl sites for hydroxylation is 1. The number of carbonyl (C=O) groups is 2. The molecule has 0 unspecified atom stereocenters. The van der Waals surface area contributed by atoms with Crippen LogP contribution in [-0.2, 0) is 25.8 Å². The second-order valence-corrected chi connectivity index (χ2v) is 9.55. The minimum Gasteiger partial charge on any atom is -0.497 e. The molecule has 1 fully saturated rings. The van der Waals surface area contributed by atoms with Gasteiger partial charge in [0.25, 0.3) is 0 Å². The molecule has 1 saturated heterocycles. The van der Waals surface area contributed by atoms with Crippen LogP contribution in [0.15, 0.2) is 30.3 Å². The van der Waals surface area contributed by atoms with Gasteiger partial charge in [-0.25, -0.2) is 8.42 Å². The number of hydrogen-bond donors (Lipinski definition) is 0. The Labute approximate surface area is 170 Å². The van der Waals surface area contributed by atoms with Crippen LogP contribution in [0.25, 0.3) is 0 Å². The lowest BCUT2D eigenvalue weighted by atomic mass is 10.1. The third kappa shape index (κ3) is 4.87. The molecule has 0 radical (unpaired) electrons. The lowest BCUT2D eigenvalue weighted by Gasteiger charge is -2.16. The summed E-state index contributed by atoms with van der Waals surface area (Å²) in [5.74, 6) is 0.171. The highest BCUT2D eigenvalue weighted by molar-refractivity contribution is 7.91. The molecular formula is C21H25NO6S. The normalized spacial score (nSPS) is 17.8. The van der Waals surface area contributed by atoms with E-state index in [1.54, 1.807) is 44.4 Å². The van der Waals surface area contributed by atoms with Crippen LogP contribution < -0.4 is 4.74 Å². The van der Waals surface area contributed by atoms with Crippen LogP contribution in [-0.4, -0.2) is 50.0 Å². The van der Waals surface area contributed by atoms with Crippen molar-refractivity contribution in [2.24, 2.45) is 0 Å². The molecule has 8 heteroatoms. The van der Waals surface area contributed by atoms with Gasteiger partial charge in [0.15, 0.2) is 16.4 Å². The first kappa shape index (κ1) is 21.1. The van der Waals surface area contributed by atoms with E-state index in [1.165, 1.54) is 0 Å². The minimum atomic E-state index is -3.03. The summed E-state index contributed by atoms with van der Waals surface area (Å²) in [5.41, 5.74) is 2.77. The quantitative estimate of drug-likeness (QED) is 0.506. The molecule has 1 aromatic carbocycles. The van der Waals surface area contributed by atoms with E-state index in [1.807, 2.05) is 11.5 Å². The minimum absolute atomic E-state index is 0.0657. The summed E-state index contributed by atoms with van der Waals surface area (Å²) in [6, 6.07) is 8.63. The van der Waals surface area contributed by atoms with E-state index in [-0.39, 0.29) is 36.4 Å². The molecule has 7 nitrogen and oxygen atoms in total. The Hall–Kier alpha value is -2.61. The summed E-state index contributed by atoms with van der Waals surface area (Å²) >= 11 is 0. The van der Waals surface area contributed by atoms with E-state index in [2.05, 4.69) is 0 Å². The van der Waals surface area contributed by atoms with Crippen LogP contribution in [0.2, 0.25) is 0 Å². The molecule has 0 saturated carbocycles. The van der Waals surface area contributed by atoms with Crippen molar-refractivity contribution in [3.05, 3.63) is 52.8 Å². The number of ketones is 1. The van der Waals surface area contributed by atoms with Gasteiger partial charge in [-0.05, 0) is 44.0 Å². The molecule has 1 aromatic heterocycles. The Kier molecular flexibility index (Phi) is 6.12. The van der Waals surface area contributed by atoms with Crippen molar-refractivity contribution in [2.75, 3.05) is 25.2 Å². The molecule has 0 spiro atoms. The van der Waals surface area contributed by atoms with Crippen molar-refractivity contribution in [1.29, 1.82) is 0 Å². The molecule has 0 N–H and O–H groups in total. The smallest absolute Gasteiger partial charge is 0.310 e. The van der Waals surface area contributed by atoms with E-state index in [0.29, 0.717) is 23.4 Å². The zero-order valence-corrected chi connectivity index (χ0v) is 17.6. The number of rotatable bonds is 7. The molecule has 2 aromatic rings. The average Bonchev–Trinajstić information content (AvgIpc) is 3.18. The number of nitrogens with zero attached hydrogens (tertiary/aromatic N) is 1. The van der Waals surface area contributed by atoms with Crippen LogP contribution in [0.3, 0.4) is 0 Å². The second kappa shape index (κ2) is 8.41. The lowest BCUT2D eigenvalue weighted by Crippen LogP contribution is -2.17. The van der Waals surface area contributed by atoms with E-state index < -0.39 is 15.8 Å². The summed E-state index contributed by atoms with van der Waals surface area (Å²) in [7, 11) is -1.46. The van der Waals surface area contributed by atoms with Gasteiger partial charge < -0.3 is 14.0 Å². The average molecular weight is 419 g/mol. The van der Waals surface area contributed by atoms with Gasteiger partial charge in [0.2, 0.25) is 5.78 Å². The standard InChI is InChI=1S/C21H25NO6S/c1-14-10-19(15(2)22(14)17-8-9-29(25,26)13-17)20(23)12-28-21(24)11-16-4-6-18(27-3)7-5-16/h4-7,10,17H,8-9,11-13H2,1-3H3/t17-/m1/s1. The first-order chi connectivity index (χ1) is 13.7. The van der Waals surface area contributed by atoms with E-state index >= 15 is 0 Å². The lowest BCUT2D eigenvalue weighted by molar-refractivity contribution is -0.141. The molecular weight excluding hydrogens is 394 g/mol. The van der Waals surface area contributed by atoms with E-state index in [9.17, 15) is 18.0 Å². The van der Waals surface area contributed by atoms with Crippen molar-refractivity contribution in [2.45, 2.75) is 32.7 Å². The molecule has 0 aliphatic carbocycles. The van der Waals surface area contributed by atoms with Crippen molar-refractivity contribution >= 4 is 21.6 Å². The molecule has 1 atom stereocenters. The van der Waals surface area contributed by atoms with E-state index in [0.717, 1.165) is 11.3 Å². The van der Waals surface area contributed by atoms with Crippen LogP contribution in [0.4, 0.5) is 0 Å². The van der Waals surface area contributed by atoms with Gasteiger partial charge in [-0.1, -0.05) is 12.1 Å². The first-order valence-electron chi connectivity index (χ1n) is 9.41. The fourth-order valence-electron chi connectivity index (χ4n) is 3.79. The predicted octanol–water partition coefficient (Wildman–Crippen LogP) is 2.44. The first-order valence-corrected chi connectivity index (χ1v) is 11.2. The van der Waals surface area contributed by atoms with Crippen molar-refractivity contribution in [3.8, 4) is 5.75 Å². The highest BCUT2D eigenvalue weighted by Crippen LogP contribution is 2.29. The number of esters is 1. The number of sulfone groups is 1. The molecule has 1 aliphatic heterocycles. The molecule has 3 rings (SSSR count). The Morgan fingerprint density at radius 2 is 1.86 bits per heavy atom. The highest BCUT2D eigenvalue weighted by atomic mass is 32.2. The fourth-order valence-corrected chi connectivity index (χ4v) is 5.49. The summed E-state index contributed by atoms with van der Waals surface area (Å²) in [6.45, 7) is 3.30. The number of ether oxygens (including phenoxy) is 2. The Bertz CT molecular complexity index is 1020. The summed E-state index contributed by atoms with van der Waals surface area (Å²) in [5, 5.41) is 0. The van der Waals surface area contributed by atoms with Gasteiger partial charge in [-0.15, -0.1) is 0 Å². The SMILES string of the molecule is COc1ccc(CC(=O)OCC(=O)c2cc(C)n([C@@H]3CCS(=O)(=O)C3)c2C)cc1. The Morgan fingerprint density at radius 1 is 1.17 bits per heavy atom. The molecule has 1 aliphatic rings. The van der Waals surface area contributed by atoms with Crippen molar-refractivity contribution < 1.29 is 27.5 Å². The number of carbonyl (C=O) groups excluding carboxylic acids is 2. The van der Waals surface area contributed by atoms with E-state index in [4.69, 9.17) is 9.47 Å². The summed E-state index contributed by atoms with van der Waals surface area (Å²) in [6.07, 6.45) is 0.611. The van der Waals surface area contributed by atoms with Gasteiger partial charge >= 0.3 is 5.97 Å². The molecule has 29 heavy (non-hydrogen) atoms. The van der Waals surface area contributed by atoms with Gasteiger partial charge in [-0.2, -0.15) is 0 Å². The number of Topliss-reactive ketones (excluding diaryl/α,β-unsaturated/α-hetero) is 1.